The van der Waals surface area contributed by atoms with Crippen molar-refractivity contribution in [1.29, 1.82) is 0 Å². The fourth-order valence-corrected chi connectivity index (χ4v) is 3.11. The van der Waals surface area contributed by atoms with Crippen LogP contribution in [0.4, 0.5) is 0 Å². The van der Waals surface area contributed by atoms with Crippen LogP contribution in [0.1, 0.15) is 52.7 Å². The second-order valence-electron chi connectivity index (χ2n) is 9.51. The maximum absolute atomic E-state index is 2.36. The Labute approximate surface area is 164 Å². The number of benzene rings is 1. The molecule has 0 aliphatic heterocycles. The van der Waals surface area contributed by atoms with Crippen molar-refractivity contribution in [3.63, 3.8) is 0 Å². The van der Waals surface area contributed by atoms with E-state index in [1.165, 1.54) is 27.9 Å². The van der Waals surface area contributed by atoms with Crippen molar-refractivity contribution >= 4 is 0 Å². The zero-order valence-electron chi connectivity index (χ0n) is 17.7. The van der Waals surface area contributed by atoms with Crippen LogP contribution < -0.4 is 9.13 Å². The third kappa shape index (κ3) is 4.44. The molecule has 0 unspecified atom stereocenters. The molecule has 140 valence electrons. The number of aromatic nitrogens is 2. The Hall–Kier alpha value is -2.48. The first-order chi connectivity index (χ1) is 12.5. The van der Waals surface area contributed by atoms with Gasteiger partial charge in [0.05, 0.1) is 0 Å². The summed E-state index contributed by atoms with van der Waals surface area (Å²) in [6.07, 6.45) is 8.49. The van der Waals surface area contributed by atoms with E-state index >= 15 is 0 Å². The third-order valence-corrected chi connectivity index (χ3v) is 5.09. The lowest BCUT2D eigenvalue weighted by atomic mass is 9.80. The van der Waals surface area contributed by atoms with Gasteiger partial charge in [-0.2, -0.15) is 4.57 Å². The molecule has 0 atom stereocenters. The van der Waals surface area contributed by atoms with Gasteiger partial charge in [0.1, 0.15) is 7.05 Å². The molecule has 2 heterocycles. The molecule has 2 nitrogen and oxygen atoms in total. The Morgan fingerprint density at radius 1 is 0.593 bits per heavy atom. The molecule has 0 saturated heterocycles. The zero-order valence-corrected chi connectivity index (χ0v) is 17.7. The molecule has 3 rings (SSSR count). The summed E-state index contributed by atoms with van der Waals surface area (Å²) in [5.74, 6) is 0. The monoisotopic (exact) mass is 360 g/mol. The Morgan fingerprint density at radius 2 is 1.00 bits per heavy atom. The van der Waals surface area contributed by atoms with Gasteiger partial charge in [-0.3, -0.25) is 0 Å². The maximum Gasteiger partial charge on any atom is 0.211 e. The minimum absolute atomic E-state index is 0.121. The Kier molecular flexibility index (Phi) is 4.94. The molecule has 0 saturated carbocycles. The molecule has 27 heavy (non-hydrogen) atoms. The predicted octanol–water partition coefficient (Wildman–Crippen LogP) is 5.05. The average Bonchev–Trinajstić information content (AvgIpc) is 2.61. The first-order valence-corrected chi connectivity index (χ1v) is 9.67. The minimum Gasteiger partial charge on any atom is -0.208 e. The average molecular weight is 361 g/mol. The highest BCUT2D eigenvalue weighted by Gasteiger charge is 2.23. The molecule has 0 N–H and O–H groups in total. The second kappa shape index (κ2) is 6.92. The quantitative estimate of drug-likeness (QED) is 0.565. The van der Waals surface area contributed by atoms with Crippen LogP contribution >= 0.6 is 0 Å². The molecule has 1 aromatic carbocycles. The highest BCUT2D eigenvalue weighted by atomic mass is 14.9. The molecule has 3 aromatic rings. The van der Waals surface area contributed by atoms with Crippen LogP contribution in [0.25, 0.3) is 16.8 Å². The lowest BCUT2D eigenvalue weighted by Crippen LogP contribution is -2.31. The number of nitrogens with zero attached hydrogens (tertiary/aromatic N) is 2. The van der Waals surface area contributed by atoms with Crippen LogP contribution in [0.2, 0.25) is 0 Å². The molecule has 2 aromatic heterocycles. The maximum atomic E-state index is 2.36. The fourth-order valence-electron chi connectivity index (χ4n) is 3.11. The summed E-state index contributed by atoms with van der Waals surface area (Å²) in [7, 11) is 2.04. The molecule has 0 amide bonds. The molecule has 0 radical (unpaired) electrons. The van der Waals surface area contributed by atoms with Crippen LogP contribution in [0, 0.1) is 0 Å². The summed E-state index contributed by atoms with van der Waals surface area (Å²) in [6.45, 7) is 13.7. The summed E-state index contributed by atoms with van der Waals surface area (Å²) in [5, 5.41) is 0. The summed E-state index contributed by atoms with van der Waals surface area (Å²) >= 11 is 0. The van der Waals surface area contributed by atoms with E-state index in [1.54, 1.807) is 0 Å². The van der Waals surface area contributed by atoms with Crippen molar-refractivity contribution in [3.05, 3.63) is 78.4 Å². The van der Waals surface area contributed by atoms with Crippen molar-refractivity contribution in [3.8, 4) is 16.8 Å². The van der Waals surface area contributed by atoms with Gasteiger partial charge >= 0.3 is 0 Å². The topological polar surface area (TPSA) is 7.76 Å². The minimum atomic E-state index is 0.121. The number of pyridine rings is 2. The lowest BCUT2D eigenvalue weighted by molar-refractivity contribution is -0.671. The molecule has 2 heteroatoms. The van der Waals surface area contributed by atoms with Crippen molar-refractivity contribution in [2.75, 3.05) is 0 Å². The van der Waals surface area contributed by atoms with E-state index in [0.717, 1.165) is 0 Å². The van der Waals surface area contributed by atoms with Crippen LogP contribution in [-0.4, -0.2) is 0 Å². The largest absolute Gasteiger partial charge is 0.211 e. The van der Waals surface area contributed by atoms with Gasteiger partial charge in [0.15, 0.2) is 24.8 Å². The molecule has 0 spiro atoms. The smallest absolute Gasteiger partial charge is 0.208 e. The number of rotatable bonds is 2. The number of aryl methyl sites for hydroxylation is 1. The van der Waals surface area contributed by atoms with Crippen molar-refractivity contribution in [1.82, 2.24) is 0 Å². The number of hydrogen-bond acceptors (Lipinski definition) is 0. The van der Waals surface area contributed by atoms with Gasteiger partial charge in [0.25, 0.3) is 0 Å². The van der Waals surface area contributed by atoms with Gasteiger partial charge in [-0.15, -0.1) is 0 Å². The van der Waals surface area contributed by atoms with Gasteiger partial charge in [0.2, 0.25) is 5.69 Å². The molecular formula is C25H32N2+2. The van der Waals surface area contributed by atoms with Crippen molar-refractivity contribution in [2.24, 2.45) is 7.05 Å². The first-order valence-electron chi connectivity index (χ1n) is 9.67. The van der Waals surface area contributed by atoms with E-state index < -0.39 is 0 Å². The lowest BCUT2D eigenvalue weighted by Gasteiger charge is -2.25. The van der Waals surface area contributed by atoms with Crippen LogP contribution in [-0.2, 0) is 17.9 Å². The van der Waals surface area contributed by atoms with E-state index in [0.29, 0.717) is 0 Å². The summed E-state index contributed by atoms with van der Waals surface area (Å²) in [6, 6.07) is 15.7. The molecule has 0 fully saturated rings. The van der Waals surface area contributed by atoms with Gasteiger partial charge in [-0.05, 0) is 33.1 Å². The molecule has 0 aliphatic carbocycles. The normalized spacial score (nSPS) is 12.3. The van der Waals surface area contributed by atoms with E-state index in [9.17, 15) is 0 Å². The molecular weight excluding hydrogens is 328 g/mol. The third-order valence-electron chi connectivity index (χ3n) is 5.09. The predicted molar refractivity (Wildman–Crippen MR) is 112 cm³/mol. The van der Waals surface area contributed by atoms with Gasteiger partial charge in [-0.25, -0.2) is 4.57 Å². The summed E-state index contributed by atoms with van der Waals surface area (Å²) in [5.41, 5.74) is 6.67. The van der Waals surface area contributed by atoms with E-state index in [1.807, 2.05) is 7.05 Å². The van der Waals surface area contributed by atoms with Gasteiger partial charge < -0.3 is 0 Å². The number of hydrogen-bond donors (Lipinski definition) is 0. The van der Waals surface area contributed by atoms with Crippen LogP contribution in [0.15, 0.2) is 67.3 Å². The Bertz CT molecular complexity index is 890. The van der Waals surface area contributed by atoms with E-state index in [2.05, 4.69) is 118 Å². The highest BCUT2D eigenvalue weighted by molar-refractivity contribution is 5.61. The van der Waals surface area contributed by atoms with Crippen LogP contribution in [0.5, 0.6) is 0 Å². The van der Waals surface area contributed by atoms with Crippen LogP contribution in [0.3, 0.4) is 0 Å². The first kappa shape index (κ1) is 19.3. The van der Waals surface area contributed by atoms with E-state index in [-0.39, 0.29) is 10.8 Å². The van der Waals surface area contributed by atoms with E-state index in [4.69, 9.17) is 0 Å². The fraction of sp³-hybridized carbons (Fsp3) is 0.360. The van der Waals surface area contributed by atoms with Crippen molar-refractivity contribution < 1.29 is 9.13 Å². The summed E-state index contributed by atoms with van der Waals surface area (Å²) in [4.78, 5) is 0. The second-order valence-corrected chi connectivity index (χ2v) is 9.51. The SMILES string of the molecule is C[n+]1ccc(-c2cc[n+](-c3cc(C(C)(C)C)cc(C(C)(C)C)c3)cc2)cc1. The highest BCUT2D eigenvalue weighted by Crippen LogP contribution is 2.30. The Morgan fingerprint density at radius 3 is 1.41 bits per heavy atom. The summed E-state index contributed by atoms with van der Waals surface area (Å²) < 4.78 is 4.27. The molecule has 0 bridgehead atoms. The zero-order chi connectivity index (χ0) is 19.8. The standard InChI is InChI=1S/C25H32N2/c1-24(2,3)21-16-22(25(4,5)6)18-23(17-21)27-14-10-20(11-15-27)19-8-12-26(7)13-9-19/h8-18H,1-7H3/q+2. The van der Waals surface area contributed by atoms with Gasteiger partial charge in [-0.1, -0.05) is 47.6 Å². The molecule has 0 aliphatic rings. The van der Waals surface area contributed by atoms with Crippen molar-refractivity contribution in [2.45, 2.75) is 52.4 Å². The van der Waals surface area contributed by atoms with Gasteiger partial charge in [0, 0.05) is 36.4 Å². The Balaban J connectivity index is 2.04.